The molecule has 0 saturated carbocycles. The van der Waals surface area contributed by atoms with Crippen molar-refractivity contribution in [3.63, 3.8) is 0 Å². The zero-order valence-corrected chi connectivity index (χ0v) is 19.0. The molecule has 0 atom stereocenters. The third-order valence-corrected chi connectivity index (χ3v) is 4.87. The van der Waals surface area contributed by atoms with E-state index in [9.17, 15) is 37.7 Å². The number of nitro groups is 1. The fourth-order valence-corrected chi connectivity index (χ4v) is 2.95. The molecule has 3 rings (SSSR count). The van der Waals surface area contributed by atoms with Gasteiger partial charge in [0.15, 0.2) is 0 Å². The van der Waals surface area contributed by atoms with E-state index in [4.69, 9.17) is 16.3 Å². The Morgan fingerprint density at radius 2 is 1.68 bits per heavy atom. The fraction of sp³-hybridized carbons (Fsp3) is 0.0435. The van der Waals surface area contributed by atoms with Crippen molar-refractivity contribution >= 4 is 47.0 Å². The van der Waals surface area contributed by atoms with Crippen LogP contribution in [0.3, 0.4) is 0 Å². The number of halogens is 4. The van der Waals surface area contributed by atoms with Gasteiger partial charge in [0, 0.05) is 6.07 Å². The predicted octanol–water partition coefficient (Wildman–Crippen LogP) is 4.58. The highest BCUT2D eigenvalue weighted by atomic mass is 35.5. The first-order valence-corrected chi connectivity index (χ1v) is 10.4. The van der Waals surface area contributed by atoms with E-state index >= 15 is 0 Å². The number of ether oxygens (including phenoxy) is 1. The normalized spacial score (nSPS) is 11.1. The zero-order chi connectivity index (χ0) is 27.2. The van der Waals surface area contributed by atoms with Gasteiger partial charge in [0.1, 0.15) is 11.3 Å². The Bertz CT molecular complexity index is 1390. The topological polar surface area (TPSA) is 140 Å². The lowest BCUT2D eigenvalue weighted by molar-refractivity contribution is -0.385. The van der Waals surface area contributed by atoms with Crippen LogP contribution in [0.25, 0.3) is 0 Å². The molecule has 190 valence electrons. The van der Waals surface area contributed by atoms with E-state index < -0.39 is 45.8 Å². The summed E-state index contributed by atoms with van der Waals surface area (Å²) in [5.74, 6) is -3.45. The van der Waals surface area contributed by atoms with E-state index in [0.717, 1.165) is 18.3 Å². The van der Waals surface area contributed by atoms with Gasteiger partial charge in [-0.15, -0.1) is 0 Å². The van der Waals surface area contributed by atoms with Gasteiger partial charge in [0.05, 0.1) is 27.4 Å². The smallest absolute Gasteiger partial charge is 0.416 e. The van der Waals surface area contributed by atoms with Crippen LogP contribution in [0, 0.1) is 10.1 Å². The van der Waals surface area contributed by atoms with Gasteiger partial charge in [-0.1, -0.05) is 23.7 Å². The highest BCUT2D eigenvalue weighted by molar-refractivity contribution is 6.41. The third kappa shape index (κ3) is 7.11. The van der Waals surface area contributed by atoms with Crippen molar-refractivity contribution in [3.05, 3.63) is 98.6 Å². The number of nitrogens with zero attached hydrogens (tertiary/aromatic N) is 2. The Labute approximate surface area is 210 Å². The summed E-state index contributed by atoms with van der Waals surface area (Å²) in [5.41, 5.74) is 0.180. The number of hydrogen-bond acceptors (Lipinski definition) is 7. The maximum atomic E-state index is 12.8. The average Bonchev–Trinajstić information content (AvgIpc) is 2.85. The number of hydrogen-bond donors (Lipinski definition) is 2. The first-order valence-electron chi connectivity index (χ1n) is 10.0. The number of nitrogens with one attached hydrogen (secondary N) is 2. The monoisotopic (exact) mass is 534 g/mol. The quantitative estimate of drug-likeness (QED) is 0.118. The van der Waals surface area contributed by atoms with Crippen molar-refractivity contribution in [2.24, 2.45) is 5.10 Å². The van der Waals surface area contributed by atoms with Crippen LogP contribution in [0.15, 0.2) is 71.8 Å². The van der Waals surface area contributed by atoms with Crippen molar-refractivity contribution in [1.29, 1.82) is 0 Å². The highest BCUT2D eigenvalue weighted by Gasteiger charge is 2.31. The van der Waals surface area contributed by atoms with Crippen molar-refractivity contribution < 1.29 is 37.2 Å². The molecule has 0 heterocycles. The number of alkyl halides is 3. The molecular weight excluding hydrogens is 521 g/mol. The molecule has 0 aliphatic rings. The lowest BCUT2D eigenvalue weighted by atomic mass is 10.2. The van der Waals surface area contributed by atoms with Gasteiger partial charge in [0.25, 0.3) is 5.69 Å². The third-order valence-electron chi connectivity index (χ3n) is 4.54. The van der Waals surface area contributed by atoms with Crippen molar-refractivity contribution in [2.45, 2.75) is 6.18 Å². The predicted molar refractivity (Wildman–Crippen MR) is 125 cm³/mol. The standard InChI is InChI=1S/C23H14ClF3N4O6/c24-17-10-7-14(23(25,26)27)11-18(17)29-20(32)21(33)30-28-12-13-5-8-15(9-6-13)37-22(34)16-3-1-2-4-19(16)31(35)36/h1-12H,(H,29,32)(H,30,33). The minimum Gasteiger partial charge on any atom is -0.423 e. The SMILES string of the molecule is O=C(NN=Cc1ccc(OC(=O)c2ccccc2[N+](=O)[O-])cc1)C(=O)Nc1cc(C(F)(F)F)ccc1Cl. The molecule has 0 unspecified atom stereocenters. The summed E-state index contributed by atoms with van der Waals surface area (Å²) >= 11 is 5.78. The largest absolute Gasteiger partial charge is 0.423 e. The molecule has 37 heavy (non-hydrogen) atoms. The minimum atomic E-state index is -4.68. The van der Waals surface area contributed by atoms with Gasteiger partial charge < -0.3 is 10.1 Å². The number of carbonyl (C=O) groups excluding carboxylic acids is 3. The number of nitro benzene ring substituents is 1. The molecule has 3 aromatic carbocycles. The number of hydrazone groups is 1. The molecule has 14 heteroatoms. The van der Waals surface area contributed by atoms with E-state index in [0.29, 0.717) is 11.6 Å². The number of anilines is 1. The van der Waals surface area contributed by atoms with Crippen LogP contribution in [0.1, 0.15) is 21.5 Å². The summed E-state index contributed by atoms with van der Waals surface area (Å²) in [5, 5.41) is 16.4. The van der Waals surface area contributed by atoms with E-state index in [1.165, 1.54) is 48.5 Å². The summed E-state index contributed by atoms with van der Waals surface area (Å²) in [7, 11) is 0. The highest BCUT2D eigenvalue weighted by Crippen LogP contribution is 2.33. The molecule has 10 nitrogen and oxygen atoms in total. The molecular formula is C23H14ClF3N4O6. The summed E-state index contributed by atoms with van der Waals surface area (Å²) in [6.07, 6.45) is -3.54. The first kappa shape index (κ1) is 26.8. The van der Waals surface area contributed by atoms with E-state index in [1.54, 1.807) is 0 Å². The van der Waals surface area contributed by atoms with Gasteiger partial charge in [-0.05, 0) is 54.1 Å². The van der Waals surface area contributed by atoms with Crippen LogP contribution < -0.4 is 15.5 Å². The fourth-order valence-electron chi connectivity index (χ4n) is 2.78. The number of para-hydroxylation sites is 1. The van der Waals surface area contributed by atoms with E-state index in [2.05, 4.69) is 5.10 Å². The summed E-state index contributed by atoms with van der Waals surface area (Å²) in [4.78, 5) is 46.5. The molecule has 0 fully saturated rings. The van der Waals surface area contributed by atoms with Gasteiger partial charge in [-0.3, -0.25) is 19.7 Å². The van der Waals surface area contributed by atoms with Gasteiger partial charge in [-0.2, -0.15) is 18.3 Å². The Balaban J connectivity index is 1.57. The second-order valence-electron chi connectivity index (χ2n) is 7.08. The Morgan fingerprint density at radius 1 is 1.00 bits per heavy atom. The lowest BCUT2D eigenvalue weighted by Crippen LogP contribution is -2.32. The maximum Gasteiger partial charge on any atom is 0.416 e. The number of carbonyl (C=O) groups is 3. The van der Waals surface area contributed by atoms with E-state index in [-0.39, 0.29) is 16.3 Å². The molecule has 0 aromatic heterocycles. The number of amides is 2. The second kappa shape index (κ2) is 11.3. The Kier molecular flexibility index (Phi) is 8.19. The molecule has 0 saturated heterocycles. The zero-order valence-electron chi connectivity index (χ0n) is 18.3. The average molecular weight is 535 g/mol. The molecule has 3 aromatic rings. The summed E-state index contributed by atoms with van der Waals surface area (Å²) in [6, 6.07) is 13.1. The van der Waals surface area contributed by atoms with Crippen LogP contribution >= 0.6 is 11.6 Å². The lowest BCUT2D eigenvalue weighted by Gasteiger charge is -2.11. The molecule has 0 aliphatic heterocycles. The van der Waals surface area contributed by atoms with Crippen LogP contribution in [0.2, 0.25) is 5.02 Å². The molecule has 0 spiro atoms. The summed E-state index contributed by atoms with van der Waals surface area (Å²) < 4.78 is 43.6. The number of rotatable bonds is 6. The van der Waals surface area contributed by atoms with Crippen molar-refractivity contribution in [1.82, 2.24) is 5.43 Å². The number of benzene rings is 3. The first-order chi connectivity index (χ1) is 17.5. The molecule has 2 amide bonds. The van der Waals surface area contributed by atoms with Crippen LogP contribution in [0.5, 0.6) is 5.75 Å². The summed E-state index contributed by atoms with van der Waals surface area (Å²) in [6.45, 7) is 0. The Morgan fingerprint density at radius 3 is 2.32 bits per heavy atom. The van der Waals surface area contributed by atoms with Crippen LogP contribution in [-0.4, -0.2) is 28.9 Å². The van der Waals surface area contributed by atoms with Crippen molar-refractivity contribution in [2.75, 3.05) is 5.32 Å². The second-order valence-corrected chi connectivity index (χ2v) is 7.49. The van der Waals surface area contributed by atoms with Gasteiger partial charge in [0.2, 0.25) is 0 Å². The molecule has 0 radical (unpaired) electrons. The van der Waals surface area contributed by atoms with E-state index in [1.807, 2.05) is 10.7 Å². The van der Waals surface area contributed by atoms with Crippen LogP contribution in [-0.2, 0) is 15.8 Å². The Hall–Kier alpha value is -4.78. The molecule has 0 bridgehead atoms. The molecule has 2 N–H and O–H groups in total. The minimum absolute atomic E-state index is 0.0710. The van der Waals surface area contributed by atoms with Gasteiger partial charge >= 0.3 is 24.0 Å². The van der Waals surface area contributed by atoms with Crippen molar-refractivity contribution in [3.8, 4) is 5.75 Å². The van der Waals surface area contributed by atoms with Crippen LogP contribution in [0.4, 0.5) is 24.5 Å². The molecule has 0 aliphatic carbocycles. The number of esters is 1. The maximum absolute atomic E-state index is 12.8. The van der Waals surface area contributed by atoms with Gasteiger partial charge in [-0.25, -0.2) is 10.2 Å².